The van der Waals surface area contributed by atoms with E-state index in [1.807, 2.05) is 0 Å². The quantitative estimate of drug-likeness (QED) is 0.594. The van der Waals surface area contributed by atoms with Gasteiger partial charge in [-0.25, -0.2) is 0 Å². The molecule has 0 spiro atoms. The SMILES string of the molecule is CCCN(CCCN1CCN(c2ccccc2)CC1)C1CCc2ccc(OC)cc2C1. The number of rotatable bonds is 9. The van der Waals surface area contributed by atoms with E-state index in [2.05, 4.69) is 70.2 Å². The molecular weight excluding hydrogens is 382 g/mol. The second-order valence-corrected chi connectivity index (χ2v) is 9.09. The molecule has 1 aliphatic heterocycles. The maximum atomic E-state index is 5.47. The van der Waals surface area contributed by atoms with Crippen molar-refractivity contribution in [3.8, 4) is 5.75 Å². The minimum absolute atomic E-state index is 0.675. The maximum absolute atomic E-state index is 5.47. The molecule has 0 N–H and O–H groups in total. The van der Waals surface area contributed by atoms with Crippen LogP contribution in [0.25, 0.3) is 0 Å². The van der Waals surface area contributed by atoms with Crippen LogP contribution in [0.15, 0.2) is 48.5 Å². The molecule has 4 nitrogen and oxygen atoms in total. The number of benzene rings is 2. The number of fused-ring (bicyclic) bond motifs is 1. The van der Waals surface area contributed by atoms with Crippen LogP contribution in [0, 0.1) is 0 Å². The van der Waals surface area contributed by atoms with Gasteiger partial charge in [-0.3, -0.25) is 4.90 Å². The zero-order valence-corrected chi connectivity index (χ0v) is 19.4. The third kappa shape index (κ3) is 5.81. The number of methoxy groups -OCH3 is 1. The number of nitrogens with zero attached hydrogens (tertiary/aromatic N) is 3. The van der Waals surface area contributed by atoms with E-state index in [1.165, 1.54) is 81.6 Å². The van der Waals surface area contributed by atoms with Crippen molar-refractivity contribution in [2.45, 2.75) is 45.1 Å². The molecule has 2 aliphatic rings. The summed E-state index contributed by atoms with van der Waals surface area (Å²) in [5.41, 5.74) is 4.38. The minimum atomic E-state index is 0.675. The molecule has 1 heterocycles. The standard InChI is InChI=1S/C27H39N3O/c1-3-14-29(26-12-10-23-11-13-27(31-2)22-24(23)21-26)16-7-15-28-17-19-30(20-18-28)25-8-5-4-6-9-25/h4-6,8-9,11,13,22,26H,3,7,10,12,14-21H2,1-2H3. The average Bonchev–Trinajstić information content (AvgIpc) is 2.84. The lowest BCUT2D eigenvalue weighted by atomic mass is 9.87. The molecule has 4 heteroatoms. The van der Waals surface area contributed by atoms with Crippen LogP contribution in [0.5, 0.6) is 5.75 Å². The third-order valence-corrected chi connectivity index (χ3v) is 7.06. The summed E-state index contributed by atoms with van der Waals surface area (Å²) in [7, 11) is 1.77. The molecular formula is C27H39N3O. The molecule has 168 valence electrons. The molecule has 0 aromatic heterocycles. The predicted molar refractivity (Wildman–Crippen MR) is 130 cm³/mol. The zero-order valence-electron chi connectivity index (χ0n) is 19.4. The first kappa shape index (κ1) is 22.2. The van der Waals surface area contributed by atoms with E-state index in [-0.39, 0.29) is 0 Å². The zero-order chi connectivity index (χ0) is 21.5. The van der Waals surface area contributed by atoms with E-state index in [0.29, 0.717) is 6.04 Å². The fourth-order valence-electron chi connectivity index (χ4n) is 5.28. The van der Waals surface area contributed by atoms with Gasteiger partial charge in [0.1, 0.15) is 5.75 Å². The van der Waals surface area contributed by atoms with E-state index in [0.717, 1.165) is 18.8 Å². The number of hydrogen-bond donors (Lipinski definition) is 0. The lowest BCUT2D eigenvalue weighted by Crippen LogP contribution is -2.47. The van der Waals surface area contributed by atoms with E-state index < -0.39 is 0 Å². The molecule has 1 fully saturated rings. The van der Waals surface area contributed by atoms with Crippen molar-refractivity contribution >= 4 is 5.69 Å². The maximum Gasteiger partial charge on any atom is 0.119 e. The Hall–Kier alpha value is -2.04. The fraction of sp³-hybridized carbons (Fsp3) is 0.556. The summed E-state index contributed by atoms with van der Waals surface area (Å²) in [6.45, 7) is 10.6. The number of para-hydroxylation sites is 1. The summed E-state index contributed by atoms with van der Waals surface area (Å²) >= 11 is 0. The van der Waals surface area contributed by atoms with Gasteiger partial charge in [0.2, 0.25) is 0 Å². The molecule has 1 saturated heterocycles. The van der Waals surface area contributed by atoms with Crippen molar-refractivity contribution in [1.29, 1.82) is 0 Å². The molecule has 2 aromatic carbocycles. The summed E-state index contributed by atoms with van der Waals surface area (Å²) in [6.07, 6.45) is 6.16. The highest BCUT2D eigenvalue weighted by Crippen LogP contribution is 2.28. The Kier molecular flexibility index (Phi) is 7.87. The van der Waals surface area contributed by atoms with Crippen molar-refractivity contribution in [2.24, 2.45) is 0 Å². The minimum Gasteiger partial charge on any atom is -0.497 e. The van der Waals surface area contributed by atoms with E-state index >= 15 is 0 Å². The van der Waals surface area contributed by atoms with E-state index in [9.17, 15) is 0 Å². The van der Waals surface area contributed by atoms with Gasteiger partial charge in [-0.2, -0.15) is 0 Å². The van der Waals surface area contributed by atoms with Crippen LogP contribution in [-0.2, 0) is 12.8 Å². The number of piperazine rings is 1. The summed E-state index contributed by atoms with van der Waals surface area (Å²) < 4.78 is 5.47. The molecule has 0 radical (unpaired) electrons. The Bertz CT molecular complexity index is 801. The van der Waals surface area contributed by atoms with Crippen LogP contribution in [0.2, 0.25) is 0 Å². The second-order valence-electron chi connectivity index (χ2n) is 9.09. The van der Waals surface area contributed by atoms with Crippen LogP contribution in [0.3, 0.4) is 0 Å². The van der Waals surface area contributed by atoms with Crippen molar-refractivity contribution in [2.75, 3.05) is 57.8 Å². The van der Waals surface area contributed by atoms with Gasteiger partial charge in [-0.15, -0.1) is 0 Å². The summed E-state index contributed by atoms with van der Waals surface area (Å²) in [6, 6.07) is 18.2. The number of aryl methyl sites for hydroxylation is 1. The van der Waals surface area contributed by atoms with Gasteiger partial charge in [0.15, 0.2) is 0 Å². The number of ether oxygens (including phenoxy) is 1. The van der Waals surface area contributed by atoms with Gasteiger partial charge in [0.25, 0.3) is 0 Å². The lowest BCUT2D eigenvalue weighted by Gasteiger charge is -2.38. The van der Waals surface area contributed by atoms with Crippen LogP contribution in [0.1, 0.15) is 37.3 Å². The van der Waals surface area contributed by atoms with Crippen LogP contribution in [-0.4, -0.2) is 68.8 Å². The Labute approximate surface area is 188 Å². The van der Waals surface area contributed by atoms with Crippen LogP contribution < -0.4 is 9.64 Å². The second kappa shape index (κ2) is 11.0. The normalized spacial score (nSPS) is 19.5. The first-order valence-corrected chi connectivity index (χ1v) is 12.2. The lowest BCUT2D eigenvalue weighted by molar-refractivity contribution is 0.163. The van der Waals surface area contributed by atoms with Gasteiger partial charge < -0.3 is 14.5 Å². The third-order valence-electron chi connectivity index (χ3n) is 7.06. The van der Waals surface area contributed by atoms with Crippen molar-refractivity contribution in [1.82, 2.24) is 9.80 Å². The Balaban J connectivity index is 1.25. The first-order valence-electron chi connectivity index (χ1n) is 12.2. The average molecular weight is 422 g/mol. The Morgan fingerprint density at radius 1 is 0.968 bits per heavy atom. The monoisotopic (exact) mass is 421 g/mol. The summed E-state index contributed by atoms with van der Waals surface area (Å²) in [5.74, 6) is 0.996. The van der Waals surface area contributed by atoms with E-state index in [1.54, 1.807) is 7.11 Å². The van der Waals surface area contributed by atoms with E-state index in [4.69, 9.17) is 4.74 Å². The molecule has 4 rings (SSSR count). The largest absolute Gasteiger partial charge is 0.497 e. The molecule has 31 heavy (non-hydrogen) atoms. The van der Waals surface area contributed by atoms with Gasteiger partial charge >= 0.3 is 0 Å². The number of hydrogen-bond acceptors (Lipinski definition) is 4. The van der Waals surface area contributed by atoms with Gasteiger partial charge in [0, 0.05) is 37.9 Å². The molecule has 2 aromatic rings. The summed E-state index contributed by atoms with van der Waals surface area (Å²) in [5, 5.41) is 0. The highest BCUT2D eigenvalue weighted by atomic mass is 16.5. The van der Waals surface area contributed by atoms with Crippen LogP contribution in [0.4, 0.5) is 5.69 Å². The molecule has 0 saturated carbocycles. The topological polar surface area (TPSA) is 19.0 Å². The van der Waals surface area contributed by atoms with Crippen molar-refractivity contribution in [3.63, 3.8) is 0 Å². The van der Waals surface area contributed by atoms with Gasteiger partial charge in [-0.05, 0) is 87.1 Å². The van der Waals surface area contributed by atoms with Gasteiger partial charge in [-0.1, -0.05) is 31.2 Å². The highest BCUT2D eigenvalue weighted by molar-refractivity contribution is 5.46. The molecule has 0 amide bonds. The molecule has 0 bridgehead atoms. The smallest absolute Gasteiger partial charge is 0.119 e. The molecule has 1 aliphatic carbocycles. The number of anilines is 1. The first-order chi connectivity index (χ1) is 15.3. The van der Waals surface area contributed by atoms with Gasteiger partial charge in [0.05, 0.1) is 7.11 Å². The Morgan fingerprint density at radius 3 is 2.52 bits per heavy atom. The van der Waals surface area contributed by atoms with Crippen molar-refractivity contribution in [3.05, 3.63) is 59.7 Å². The Morgan fingerprint density at radius 2 is 1.77 bits per heavy atom. The highest BCUT2D eigenvalue weighted by Gasteiger charge is 2.24. The predicted octanol–water partition coefficient (Wildman–Crippen LogP) is 4.48. The fourth-order valence-corrected chi connectivity index (χ4v) is 5.28. The summed E-state index contributed by atoms with van der Waals surface area (Å²) in [4.78, 5) is 7.95. The van der Waals surface area contributed by atoms with Crippen LogP contribution >= 0.6 is 0 Å². The molecule has 1 atom stereocenters. The van der Waals surface area contributed by atoms with Crippen molar-refractivity contribution < 1.29 is 4.74 Å². The molecule has 1 unspecified atom stereocenters.